The van der Waals surface area contributed by atoms with Crippen LogP contribution in [-0.2, 0) is 9.59 Å². The van der Waals surface area contributed by atoms with Gasteiger partial charge in [0, 0.05) is 17.8 Å². The fraction of sp³-hybridized carbons (Fsp3) is 0.545. The number of carboxylic acid groups (broad SMARTS) is 1. The topological polar surface area (TPSA) is 64.9 Å². The number of quaternary nitrogens is 1. The number of amides is 1. The van der Waals surface area contributed by atoms with Crippen LogP contribution in [-0.4, -0.2) is 49.5 Å². The molecule has 2 bridgehead atoms. The van der Waals surface area contributed by atoms with Crippen LogP contribution in [0.25, 0.3) is 6.08 Å². The third-order valence-corrected chi connectivity index (χ3v) is 6.77. The number of carbonyl (C=O) groups is 2. The molecule has 4 rings (SSSR count). The molecule has 0 radical (unpaired) electrons. The quantitative estimate of drug-likeness (QED) is 0.786. The van der Waals surface area contributed by atoms with Gasteiger partial charge >= 0.3 is 0 Å². The number of benzene rings is 1. The highest BCUT2D eigenvalue weighted by Crippen LogP contribution is 2.52. The molecule has 2 aliphatic carbocycles. The molecule has 3 fully saturated rings. The van der Waals surface area contributed by atoms with Gasteiger partial charge in [-0.2, -0.15) is 0 Å². The SMILES string of the molecule is O=C([O-])[C@H]1[C@@H]2CC[C@H](C2)[C@H]1C(=O)N1CC[NH+](C/C=C/c2ccccc2)CC1. The van der Waals surface area contributed by atoms with Crippen LogP contribution in [0.3, 0.4) is 0 Å². The molecule has 1 aliphatic heterocycles. The second-order valence-corrected chi connectivity index (χ2v) is 8.30. The zero-order chi connectivity index (χ0) is 18.8. The maximum atomic E-state index is 13.0. The lowest BCUT2D eigenvalue weighted by atomic mass is 9.78. The van der Waals surface area contributed by atoms with Crippen molar-refractivity contribution >= 4 is 18.0 Å². The van der Waals surface area contributed by atoms with Crippen molar-refractivity contribution in [1.29, 1.82) is 0 Å². The molecular weight excluding hydrogens is 340 g/mol. The molecule has 2 saturated carbocycles. The number of aliphatic carboxylic acids is 1. The van der Waals surface area contributed by atoms with E-state index in [-0.39, 0.29) is 23.7 Å². The van der Waals surface area contributed by atoms with Crippen LogP contribution >= 0.6 is 0 Å². The molecule has 0 spiro atoms. The number of hydrogen-bond acceptors (Lipinski definition) is 3. The molecule has 27 heavy (non-hydrogen) atoms. The Labute approximate surface area is 160 Å². The minimum absolute atomic E-state index is 0.0651. The van der Waals surface area contributed by atoms with E-state index in [1.165, 1.54) is 10.5 Å². The van der Waals surface area contributed by atoms with Gasteiger partial charge in [0.2, 0.25) is 5.91 Å². The first-order valence-corrected chi connectivity index (χ1v) is 10.2. The fourth-order valence-electron chi connectivity index (χ4n) is 5.37. The van der Waals surface area contributed by atoms with Gasteiger partial charge in [0.15, 0.2) is 0 Å². The zero-order valence-electron chi connectivity index (χ0n) is 15.7. The molecule has 1 saturated heterocycles. The van der Waals surface area contributed by atoms with Crippen molar-refractivity contribution in [3.8, 4) is 0 Å². The molecule has 0 aromatic heterocycles. The summed E-state index contributed by atoms with van der Waals surface area (Å²) in [5, 5.41) is 11.6. The van der Waals surface area contributed by atoms with Gasteiger partial charge in [0.05, 0.1) is 32.7 Å². The van der Waals surface area contributed by atoms with Gasteiger partial charge < -0.3 is 19.7 Å². The van der Waals surface area contributed by atoms with Crippen LogP contribution in [0.2, 0.25) is 0 Å². The van der Waals surface area contributed by atoms with E-state index >= 15 is 0 Å². The van der Waals surface area contributed by atoms with E-state index in [2.05, 4.69) is 24.3 Å². The van der Waals surface area contributed by atoms with Gasteiger partial charge in [-0.05, 0) is 42.7 Å². The van der Waals surface area contributed by atoms with Crippen LogP contribution in [0.1, 0.15) is 24.8 Å². The number of carbonyl (C=O) groups excluding carboxylic acids is 2. The molecule has 1 amide bonds. The van der Waals surface area contributed by atoms with Crippen molar-refractivity contribution in [2.45, 2.75) is 19.3 Å². The minimum atomic E-state index is -1.02. The molecule has 4 atom stereocenters. The molecule has 1 aromatic carbocycles. The monoisotopic (exact) mass is 368 g/mol. The Bertz CT molecular complexity index is 710. The number of carboxylic acids is 1. The first-order chi connectivity index (χ1) is 13.1. The van der Waals surface area contributed by atoms with E-state index in [0.29, 0.717) is 0 Å². The highest BCUT2D eigenvalue weighted by molar-refractivity contribution is 5.85. The van der Waals surface area contributed by atoms with Crippen LogP contribution in [0.5, 0.6) is 0 Å². The number of fused-ring (bicyclic) bond motifs is 2. The lowest BCUT2D eigenvalue weighted by Gasteiger charge is -2.37. The Morgan fingerprint density at radius 1 is 1.07 bits per heavy atom. The number of piperazine rings is 1. The van der Waals surface area contributed by atoms with Crippen molar-refractivity contribution < 1.29 is 19.6 Å². The minimum Gasteiger partial charge on any atom is -0.550 e. The number of nitrogens with one attached hydrogen (secondary N) is 1. The molecular formula is C22H28N2O3. The van der Waals surface area contributed by atoms with Gasteiger partial charge in [-0.1, -0.05) is 36.4 Å². The highest BCUT2D eigenvalue weighted by atomic mass is 16.4. The van der Waals surface area contributed by atoms with Gasteiger partial charge in [0.25, 0.3) is 0 Å². The van der Waals surface area contributed by atoms with Gasteiger partial charge in [-0.3, -0.25) is 4.79 Å². The van der Waals surface area contributed by atoms with Gasteiger partial charge in [-0.15, -0.1) is 0 Å². The summed E-state index contributed by atoms with van der Waals surface area (Å²) in [5.41, 5.74) is 1.20. The molecule has 0 unspecified atom stereocenters. The summed E-state index contributed by atoms with van der Waals surface area (Å²) in [7, 11) is 0. The summed E-state index contributed by atoms with van der Waals surface area (Å²) in [4.78, 5) is 28.0. The predicted molar refractivity (Wildman–Crippen MR) is 100 cm³/mol. The number of hydrogen-bond donors (Lipinski definition) is 1. The van der Waals surface area contributed by atoms with E-state index in [0.717, 1.165) is 52.0 Å². The maximum Gasteiger partial charge on any atom is 0.227 e. The van der Waals surface area contributed by atoms with Crippen LogP contribution in [0.15, 0.2) is 36.4 Å². The van der Waals surface area contributed by atoms with E-state index in [1.54, 1.807) is 0 Å². The van der Waals surface area contributed by atoms with Crippen molar-refractivity contribution in [2.75, 3.05) is 32.7 Å². The fourth-order valence-corrected chi connectivity index (χ4v) is 5.37. The average molecular weight is 368 g/mol. The van der Waals surface area contributed by atoms with Crippen molar-refractivity contribution in [3.63, 3.8) is 0 Å². The van der Waals surface area contributed by atoms with Crippen molar-refractivity contribution in [2.24, 2.45) is 23.7 Å². The van der Waals surface area contributed by atoms with E-state index in [1.807, 2.05) is 23.1 Å². The second kappa shape index (κ2) is 7.85. The molecule has 144 valence electrons. The van der Waals surface area contributed by atoms with Crippen LogP contribution in [0, 0.1) is 23.7 Å². The zero-order valence-corrected chi connectivity index (χ0v) is 15.7. The summed E-state index contributed by atoms with van der Waals surface area (Å²) in [6.45, 7) is 4.23. The molecule has 3 aliphatic rings. The number of nitrogens with zero attached hydrogens (tertiary/aromatic N) is 1. The summed E-state index contributed by atoms with van der Waals surface area (Å²) in [6.07, 6.45) is 7.18. The summed E-state index contributed by atoms with van der Waals surface area (Å²) in [5.74, 6) is -1.44. The maximum absolute atomic E-state index is 13.0. The smallest absolute Gasteiger partial charge is 0.227 e. The van der Waals surface area contributed by atoms with Crippen LogP contribution < -0.4 is 10.0 Å². The number of rotatable bonds is 5. The van der Waals surface area contributed by atoms with Crippen LogP contribution in [0.4, 0.5) is 0 Å². The Balaban J connectivity index is 1.29. The Morgan fingerprint density at radius 3 is 2.41 bits per heavy atom. The molecule has 1 aromatic rings. The lowest BCUT2D eigenvalue weighted by molar-refractivity contribution is -0.898. The summed E-state index contributed by atoms with van der Waals surface area (Å²) >= 11 is 0. The summed E-state index contributed by atoms with van der Waals surface area (Å²) < 4.78 is 0. The molecule has 1 N–H and O–H groups in total. The van der Waals surface area contributed by atoms with Gasteiger partial charge in [0.1, 0.15) is 0 Å². The van der Waals surface area contributed by atoms with Crippen molar-refractivity contribution in [1.82, 2.24) is 4.90 Å². The second-order valence-electron chi connectivity index (χ2n) is 8.30. The predicted octanol–water partition coefficient (Wildman–Crippen LogP) is -0.161. The first kappa shape index (κ1) is 18.2. The molecule has 5 nitrogen and oxygen atoms in total. The van der Waals surface area contributed by atoms with Gasteiger partial charge in [-0.25, -0.2) is 0 Å². The highest BCUT2D eigenvalue weighted by Gasteiger charge is 2.52. The Hall–Kier alpha value is -2.14. The Kier molecular flexibility index (Phi) is 5.30. The van der Waals surface area contributed by atoms with E-state index in [9.17, 15) is 14.7 Å². The lowest BCUT2D eigenvalue weighted by Crippen LogP contribution is -3.14. The largest absolute Gasteiger partial charge is 0.550 e. The Morgan fingerprint density at radius 2 is 1.74 bits per heavy atom. The average Bonchev–Trinajstić information content (AvgIpc) is 3.30. The molecule has 1 heterocycles. The third-order valence-electron chi connectivity index (χ3n) is 6.77. The third kappa shape index (κ3) is 3.79. The molecule has 5 heteroatoms. The van der Waals surface area contributed by atoms with Crippen molar-refractivity contribution in [3.05, 3.63) is 42.0 Å². The van der Waals surface area contributed by atoms with E-state index < -0.39 is 11.9 Å². The van der Waals surface area contributed by atoms with E-state index in [4.69, 9.17) is 0 Å². The normalized spacial score (nSPS) is 30.9. The standard InChI is InChI=1S/C22H28N2O3/c25-21(19-17-8-9-18(15-17)20(19)22(26)27)24-13-11-23(12-14-24)10-4-7-16-5-2-1-3-6-16/h1-7,17-20H,8-15H2,(H,26,27)/b7-4+/t17-,18-,19-,20+/m1/s1. The first-order valence-electron chi connectivity index (χ1n) is 10.2. The summed E-state index contributed by atoms with van der Waals surface area (Å²) in [6, 6.07) is 10.3.